The summed E-state index contributed by atoms with van der Waals surface area (Å²) < 4.78 is 30.8. The van der Waals surface area contributed by atoms with Gasteiger partial charge in [0.1, 0.15) is 17.8 Å². The number of rotatable bonds is 13. The Balaban J connectivity index is 1.56. The van der Waals surface area contributed by atoms with Crippen LogP contribution in [-0.4, -0.2) is 46.3 Å². The summed E-state index contributed by atoms with van der Waals surface area (Å²) in [5.41, 5.74) is 5.84. The third-order valence-corrected chi connectivity index (χ3v) is 8.66. The average molecular weight is 659 g/mol. The molecule has 0 spiro atoms. The molecular formula is C38H47FN4O5. The quantitative estimate of drug-likeness (QED) is 0.150. The topological polar surface area (TPSA) is 110 Å². The highest BCUT2D eigenvalue weighted by atomic mass is 19.1. The number of hydrogen-bond acceptors (Lipinski definition) is 8. The van der Waals surface area contributed by atoms with Crippen LogP contribution in [-0.2, 0) is 29.0 Å². The monoisotopic (exact) mass is 658 g/mol. The Morgan fingerprint density at radius 1 is 1.08 bits per heavy atom. The summed E-state index contributed by atoms with van der Waals surface area (Å²) in [6.45, 7) is 14.9. The van der Waals surface area contributed by atoms with Gasteiger partial charge in [-0.15, -0.1) is 0 Å². The molecule has 48 heavy (non-hydrogen) atoms. The van der Waals surface area contributed by atoms with Crippen molar-refractivity contribution in [2.24, 2.45) is 5.41 Å². The molecule has 4 aromatic rings. The molecule has 5 rings (SSSR count). The van der Waals surface area contributed by atoms with Crippen LogP contribution >= 0.6 is 0 Å². The molecule has 0 amide bonds. The van der Waals surface area contributed by atoms with Gasteiger partial charge in [-0.1, -0.05) is 38.1 Å². The van der Waals surface area contributed by atoms with Gasteiger partial charge < -0.3 is 29.2 Å². The van der Waals surface area contributed by atoms with Crippen LogP contribution in [0.15, 0.2) is 65.6 Å². The van der Waals surface area contributed by atoms with Gasteiger partial charge in [0.15, 0.2) is 12.5 Å². The minimum atomic E-state index is -1.22. The maximum atomic E-state index is 13.3. The van der Waals surface area contributed by atoms with Crippen LogP contribution in [0.3, 0.4) is 0 Å². The Kier molecular flexibility index (Phi) is 10.9. The lowest BCUT2D eigenvalue weighted by molar-refractivity contribution is -0.160. The first-order valence-electron chi connectivity index (χ1n) is 16.5. The highest BCUT2D eigenvalue weighted by Gasteiger charge is 2.37. The molecule has 1 fully saturated rings. The molecule has 0 aliphatic carbocycles. The number of anilines is 1. The average Bonchev–Trinajstić information content (AvgIpc) is 3.55. The van der Waals surface area contributed by atoms with Crippen LogP contribution in [0.25, 0.3) is 11.1 Å². The van der Waals surface area contributed by atoms with Gasteiger partial charge in [0, 0.05) is 49.4 Å². The lowest BCUT2D eigenvalue weighted by Gasteiger charge is -2.41. The molecule has 0 unspecified atom stereocenters. The highest BCUT2D eigenvalue weighted by Crippen LogP contribution is 2.45. The number of halogens is 1. The van der Waals surface area contributed by atoms with E-state index in [-0.39, 0.29) is 11.2 Å². The van der Waals surface area contributed by atoms with Crippen LogP contribution in [0.1, 0.15) is 81.8 Å². The number of benzene rings is 2. The van der Waals surface area contributed by atoms with Crippen molar-refractivity contribution in [2.45, 2.75) is 85.6 Å². The maximum Gasteiger partial charge on any atom is 0.337 e. The standard InChI is InChI=1S/C38H47FN4O5/c1-25-32(35(36(44)45)48-37(2,3)4)34(43-18-16-38(5,6)17-19-43)33(31(42-25)22-40-21-29-23-46-24-41-29)27-9-13-30(14-10-27)47-20-15-26-7-11-28(39)12-8-26/h7-14,23-24,35,40H,15-22H2,1-6H3,(H,44,45)/t35-/m0/s1. The van der Waals surface area contributed by atoms with E-state index in [9.17, 15) is 14.3 Å². The van der Waals surface area contributed by atoms with Gasteiger partial charge in [0.05, 0.1) is 29.3 Å². The van der Waals surface area contributed by atoms with Crippen molar-refractivity contribution in [3.05, 3.63) is 95.2 Å². The Morgan fingerprint density at radius 2 is 1.77 bits per heavy atom. The van der Waals surface area contributed by atoms with E-state index in [2.05, 4.69) is 29.0 Å². The van der Waals surface area contributed by atoms with Crippen LogP contribution in [0.5, 0.6) is 5.75 Å². The first-order chi connectivity index (χ1) is 22.8. The number of aliphatic carboxylic acids is 1. The molecular weight excluding hydrogens is 611 g/mol. The van der Waals surface area contributed by atoms with E-state index in [1.54, 1.807) is 18.4 Å². The number of ether oxygens (including phenoxy) is 2. The second kappa shape index (κ2) is 14.9. The number of pyridine rings is 1. The van der Waals surface area contributed by atoms with Crippen molar-refractivity contribution < 1.29 is 28.2 Å². The second-order valence-corrected chi connectivity index (χ2v) is 14.2. The van der Waals surface area contributed by atoms with Crippen molar-refractivity contribution in [1.29, 1.82) is 0 Å². The smallest absolute Gasteiger partial charge is 0.337 e. The first kappa shape index (κ1) is 35.0. The fourth-order valence-corrected chi connectivity index (χ4v) is 6.05. The molecule has 2 N–H and O–H groups in total. The second-order valence-electron chi connectivity index (χ2n) is 14.2. The number of carbonyl (C=O) groups is 1. The Hall–Kier alpha value is -4.28. The summed E-state index contributed by atoms with van der Waals surface area (Å²) in [5, 5.41) is 14.0. The molecule has 2 aromatic heterocycles. The molecule has 256 valence electrons. The third kappa shape index (κ3) is 8.99. The Bertz CT molecular complexity index is 1660. The van der Waals surface area contributed by atoms with Gasteiger partial charge in [0.25, 0.3) is 0 Å². The summed E-state index contributed by atoms with van der Waals surface area (Å²) >= 11 is 0. The zero-order valence-electron chi connectivity index (χ0n) is 28.8. The number of nitrogens with zero attached hydrogens (tertiary/aromatic N) is 3. The van der Waals surface area contributed by atoms with Crippen LogP contribution in [0.2, 0.25) is 0 Å². The predicted octanol–water partition coefficient (Wildman–Crippen LogP) is 7.66. The summed E-state index contributed by atoms with van der Waals surface area (Å²) in [6, 6.07) is 14.3. The van der Waals surface area contributed by atoms with Crippen molar-refractivity contribution >= 4 is 11.7 Å². The van der Waals surface area contributed by atoms with E-state index in [1.807, 2.05) is 52.0 Å². The van der Waals surface area contributed by atoms with Crippen molar-refractivity contribution in [3.63, 3.8) is 0 Å². The van der Waals surface area contributed by atoms with Gasteiger partial charge >= 0.3 is 5.97 Å². The fraction of sp³-hybridized carbons (Fsp3) is 0.447. The molecule has 3 heterocycles. The van der Waals surface area contributed by atoms with Crippen LogP contribution < -0.4 is 15.0 Å². The molecule has 0 saturated carbocycles. The zero-order chi connectivity index (χ0) is 34.5. The number of aryl methyl sites for hydroxylation is 1. The SMILES string of the molecule is Cc1nc(CNCc2cocn2)c(-c2ccc(OCCc3ccc(F)cc3)cc2)c(N2CCC(C)(C)CC2)c1[C@H](OC(C)(C)C)C(=O)O. The lowest BCUT2D eigenvalue weighted by Crippen LogP contribution is -2.39. The molecule has 1 aliphatic heterocycles. The van der Waals surface area contributed by atoms with Gasteiger partial charge in [0.2, 0.25) is 0 Å². The molecule has 1 aliphatic rings. The molecule has 1 atom stereocenters. The van der Waals surface area contributed by atoms with Crippen LogP contribution in [0, 0.1) is 18.2 Å². The summed E-state index contributed by atoms with van der Waals surface area (Å²) in [6.07, 6.45) is 4.37. The lowest BCUT2D eigenvalue weighted by atomic mass is 9.81. The zero-order valence-corrected chi connectivity index (χ0v) is 28.8. The molecule has 10 heteroatoms. The molecule has 0 radical (unpaired) electrons. The highest BCUT2D eigenvalue weighted by molar-refractivity contribution is 5.88. The minimum absolute atomic E-state index is 0.182. The van der Waals surface area contributed by atoms with Gasteiger partial charge in [-0.05, 0) is 81.3 Å². The van der Waals surface area contributed by atoms with E-state index in [1.165, 1.54) is 18.5 Å². The van der Waals surface area contributed by atoms with Crippen LogP contribution in [0.4, 0.5) is 10.1 Å². The van der Waals surface area contributed by atoms with E-state index >= 15 is 0 Å². The van der Waals surface area contributed by atoms with E-state index in [4.69, 9.17) is 18.9 Å². The normalized spacial score (nSPS) is 15.4. The third-order valence-electron chi connectivity index (χ3n) is 8.66. The summed E-state index contributed by atoms with van der Waals surface area (Å²) in [7, 11) is 0. The number of piperidine rings is 1. The number of carboxylic acid groups (broad SMARTS) is 1. The van der Waals surface area contributed by atoms with E-state index in [0.29, 0.717) is 43.1 Å². The minimum Gasteiger partial charge on any atom is -0.493 e. The number of nitrogens with one attached hydrogen (secondary N) is 1. The Morgan fingerprint density at radius 3 is 2.38 bits per heavy atom. The van der Waals surface area contributed by atoms with Crippen molar-refractivity contribution in [3.8, 4) is 16.9 Å². The van der Waals surface area contributed by atoms with Gasteiger partial charge in [-0.3, -0.25) is 4.98 Å². The summed E-state index contributed by atoms with van der Waals surface area (Å²) in [4.78, 5) is 24.5. The van der Waals surface area contributed by atoms with Crippen molar-refractivity contribution in [2.75, 3.05) is 24.6 Å². The largest absolute Gasteiger partial charge is 0.493 e. The molecule has 0 bridgehead atoms. The Labute approximate surface area is 282 Å². The number of hydrogen-bond donors (Lipinski definition) is 2. The predicted molar refractivity (Wildman–Crippen MR) is 183 cm³/mol. The van der Waals surface area contributed by atoms with E-state index in [0.717, 1.165) is 59.7 Å². The first-order valence-corrected chi connectivity index (χ1v) is 16.5. The maximum absolute atomic E-state index is 13.3. The van der Waals surface area contributed by atoms with Crippen molar-refractivity contribution in [1.82, 2.24) is 15.3 Å². The number of oxazole rings is 1. The van der Waals surface area contributed by atoms with Gasteiger partial charge in [-0.25, -0.2) is 14.2 Å². The molecule has 9 nitrogen and oxygen atoms in total. The number of aromatic nitrogens is 2. The van der Waals surface area contributed by atoms with E-state index < -0.39 is 17.7 Å². The van der Waals surface area contributed by atoms with Gasteiger partial charge in [-0.2, -0.15) is 0 Å². The summed E-state index contributed by atoms with van der Waals surface area (Å²) in [5.74, 6) is -0.613. The molecule has 2 aromatic carbocycles. The fourth-order valence-electron chi connectivity index (χ4n) is 6.05. The molecule has 1 saturated heterocycles. The number of carboxylic acids is 1.